The summed E-state index contributed by atoms with van der Waals surface area (Å²) in [6, 6.07) is 6.24. The van der Waals surface area contributed by atoms with E-state index in [9.17, 15) is 15.0 Å². The SMILES string of the molecule is CCN(CC(O)c1cccc(O)c1)C(=O)NCCCc1cnn(C)c1. The number of nitrogens with one attached hydrogen (secondary N) is 1. The van der Waals surface area contributed by atoms with Crippen LogP contribution in [0.1, 0.15) is 30.6 Å². The number of rotatable bonds is 8. The van der Waals surface area contributed by atoms with Crippen molar-refractivity contribution >= 4 is 6.03 Å². The van der Waals surface area contributed by atoms with Crippen molar-refractivity contribution in [2.45, 2.75) is 25.9 Å². The molecule has 1 aromatic heterocycles. The number of amides is 2. The molecule has 0 bridgehead atoms. The fourth-order valence-electron chi connectivity index (χ4n) is 2.60. The van der Waals surface area contributed by atoms with E-state index in [4.69, 9.17) is 0 Å². The molecule has 2 aromatic rings. The zero-order valence-corrected chi connectivity index (χ0v) is 14.7. The summed E-state index contributed by atoms with van der Waals surface area (Å²) in [5.41, 5.74) is 1.73. The standard InChI is InChI=1S/C18H26N4O3/c1-3-22(13-17(24)15-7-4-8-16(23)10-15)18(25)19-9-5-6-14-11-20-21(2)12-14/h4,7-8,10-12,17,23-24H,3,5-6,9,13H2,1-2H3,(H,19,25). The molecular formula is C18H26N4O3. The van der Waals surface area contributed by atoms with Gasteiger partial charge in [-0.05, 0) is 43.0 Å². The van der Waals surface area contributed by atoms with Gasteiger partial charge >= 0.3 is 6.03 Å². The summed E-state index contributed by atoms with van der Waals surface area (Å²) in [5, 5.41) is 26.8. The maximum absolute atomic E-state index is 12.3. The maximum atomic E-state index is 12.3. The number of aryl methyl sites for hydroxylation is 2. The molecule has 1 aromatic carbocycles. The third-order valence-electron chi connectivity index (χ3n) is 3.99. The fraction of sp³-hybridized carbons (Fsp3) is 0.444. The largest absolute Gasteiger partial charge is 0.508 e. The van der Waals surface area contributed by atoms with Crippen molar-refractivity contribution in [1.29, 1.82) is 0 Å². The van der Waals surface area contributed by atoms with Crippen molar-refractivity contribution in [3.8, 4) is 5.75 Å². The van der Waals surface area contributed by atoms with Crippen molar-refractivity contribution in [2.75, 3.05) is 19.6 Å². The lowest BCUT2D eigenvalue weighted by atomic mass is 10.1. The number of phenols is 1. The van der Waals surface area contributed by atoms with Crippen molar-refractivity contribution in [3.63, 3.8) is 0 Å². The maximum Gasteiger partial charge on any atom is 0.317 e. The molecule has 0 saturated heterocycles. The molecular weight excluding hydrogens is 320 g/mol. The van der Waals surface area contributed by atoms with Gasteiger partial charge in [-0.2, -0.15) is 5.10 Å². The van der Waals surface area contributed by atoms with E-state index in [1.807, 2.05) is 26.4 Å². The lowest BCUT2D eigenvalue weighted by molar-refractivity contribution is 0.123. The molecule has 7 nitrogen and oxygen atoms in total. The van der Waals surface area contributed by atoms with Gasteiger partial charge in [-0.15, -0.1) is 0 Å². The highest BCUT2D eigenvalue weighted by molar-refractivity contribution is 5.74. The summed E-state index contributed by atoms with van der Waals surface area (Å²) in [7, 11) is 1.88. The van der Waals surface area contributed by atoms with Crippen LogP contribution < -0.4 is 5.32 Å². The first-order valence-corrected chi connectivity index (χ1v) is 8.47. The zero-order chi connectivity index (χ0) is 18.2. The predicted octanol–water partition coefficient (Wildman–Crippen LogP) is 1.82. The molecule has 0 radical (unpaired) electrons. The van der Waals surface area contributed by atoms with Crippen LogP contribution in [0.25, 0.3) is 0 Å². The monoisotopic (exact) mass is 346 g/mol. The van der Waals surface area contributed by atoms with Crippen molar-refractivity contribution in [1.82, 2.24) is 20.0 Å². The molecule has 2 rings (SSSR count). The molecule has 0 spiro atoms. The number of likely N-dealkylation sites (N-methyl/N-ethyl adjacent to an activating group) is 1. The number of aromatic nitrogens is 2. The number of nitrogens with zero attached hydrogens (tertiary/aromatic N) is 3. The van der Waals surface area contributed by atoms with Gasteiger partial charge in [0.2, 0.25) is 0 Å². The Morgan fingerprint density at radius 2 is 2.24 bits per heavy atom. The van der Waals surface area contributed by atoms with E-state index in [2.05, 4.69) is 10.4 Å². The Bertz CT molecular complexity index is 686. The lowest BCUT2D eigenvalue weighted by Gasteiger charge is -2.24. The highest BCUT2D eigenvalue weighted by Gasteiger charge is 2.17. The topological polar surface area (TPSA) is 90.6 Å². The summed E-state index contributed by atoms with van der Waals surface area (Å²) in [5.74, 6) is 0.0967. The second-order valence-corrected chi connectivity index (χ2v) is 6.01. The van der Waals surface area contributed by atoms with E-state index in [1.165, 1.54) is 6.07 Å². The van der Waals surface area contributed by atoms with Crippen molar-refractivity contribution in [3.05, 3.63) is 47.8 Å². The molecule has 0 aliphatic heterocycles. The Morgan fingerprint density at radius 1 is 1.44 bits per heavy atom. The van der Waals surface area contributed by atoms with Gasteiger partial charge in [0.05, 0.1) is 18.8 Å². The second kappa shape index (κ2) is 9.08. The normalized spacial score (nSPS) is 12.0. The van der Waals surface area contributed by atoms with Gasteiger partial charge in [0, 0.05) is 26.3 Å². The van der Waals surface area contributed by atoms with E-state index in [0.717, 1.165) is 18.4 Å². The van der Waals surface area contributed by atoms with E-state index < -0.39 is 6.10 Å². The van der Waals surface area contributed by atoms with Crippen LogP contribution >= 0.6 is 0 Å². The number of benzene rings is 1. The summed E-state index contributed by atoms with van der Waals surface area (Å²) in [6.45, 7) is 3.09. The highest BCUT2D eigenvalue weighted by atomic mass is 16.3. The number of urea groups is 1. The fourth-order valence-corrected chi connectivity index (χ4v) is 2.60. The molecule has 1 heterocycles. The van der Waals surface area contributed by atoms with Crippen LogP contribution in [0, 0.1) is 0 Å². The first-order valence-electron chi connectivity index (χ1n) is 8.47. The summed E-state index contributed by atoms with van der Waals surface area (Å²) < 4.78 is 1.76. The smallest absolute Gasteiger partial charge is 0.317 e. The molecule has 0 saturated carbocycles. The number of aliphatic hydroxyl groups is 1. The zero-order valence-electron chi connectivity index (χ0n) is 14.7. The van der Waals surface area contributed by atoms with Gasteiger partial charge in [-0.3, -0.25) is 4.68 Å². The average molecular weight is 346 g/mol. The number of hydrogen-bond donors (Lipinski definition) is 3. The molecule has 136 valence electrons. The Morgan fingerprint density at radius 3 is 2.88 bits per heavy atom. The molecule has 1 unspecified atom stereocenters. The van der Waals surface area contributed by atoms with E-state index in [1.54, 1.807) is 27.8 Å². The third kappa shape index (κ3) is 5.79. The number of carbonyl (C=O) groups excluding carboxylic acids is 1. The molecule has 7 heteroatoms. The number of carbonyl (C=O) groups is 1. The number of aromatic hydroxyl groups is 1. The van der Waals surface area contributed by atoms with E-state index in [0.29, 0.717) is 18.7 Å². The molecule has 0 aliphatic carbocycles. The first-order chi connectivity index (χ1) is 12.0. The molecule has 0 aliphatic rings. The second-order valence-electron chi connectivity index (χ2n) is 6.01. The molecule has 1 atom stereocenters. The average Bonchev–Trinajstić information content (AvgIpc) is 3.01. The minimum absolute atomic E-state index is 0.0967. The van der Waals surface area contributed by atoms with Crippen LogP contribution in [-0.2, 0) is 13.5 Å². The Labute approximate surface area is 147 Å². The van der Waals surface area contributed by atoms with Gasteiger partial charge in [-0.1, -0.05) is 12.1 Å². The van der Waals surface area contributed by atoms with Gasteiger partial charge in [0.25, 0.3) is 0 Å². The minimum atomic E-state index is -0.840. The van der Waals surface area contributed by atoms with E-state index in [-0.39, 0.29) is 18.3 Å². The third-order valence-corrected chi connectivity index (χ3v) is 3.99. The Kier molecular flexibility index (Phi) is 6.82. The molecule has 25 heavy (non-hydrogen) atoms. The molecule has 2 amide bonds. The Balaban J connectivity index is 1.77. The van der Waals surface area contributed by atoms with Crippen LogP contribution in [0.15, 0.2) is 36.7 Å². The number of hydrogen-bond acceptors (Lipinski definition) is 4. The van der Waals surface area contributed by atoms with E-state index >= 15 is 0 Å². The quantitative estimate of drug-likeness (QED) is 0.636. The van der Waals surface area contributed by atoms with Gasteiger partial charge < -0.3 is 20.4 Å². The predicted molar refractivity (Wildman–Crippen MR) is 95.2 cm³/mol. The number of phenolic OH excluding ortho intramolecular Hbond substituents is 1. The van der Waals surface area contributed by atoms with Gasteiger partial charge in [-0.25, -0.2) is 4.79 Å². The van der Waals surface area contributed by atoms with Crippen LogP contribution in [0.3, 0.4) is 0 Å². The van der Waals surface area contributed by atoms with Crippen molar-refractivity contribution in [2.24, 2.45) is 7.05 Å². The van der Waals surface area contributed by atoms with Crippen LogP contribution in [0.5, 0.6) is 5.75 Å². The first kappa shape index (κ1) is 18.8. The van der Waals surface area contributed by atoms with Gasteiger partial charge in [0.15, 0.2) is 0 Å². The van der Waals surface area contributed by atoms with Crippen LogP contribution in [0.2, 0.25) is 0 Å². The lowest BCUT2D eigenvalue weighted by Crippen LogP contribution is -2.42. The molecule has 3 N–H and O–H groups in total. The van der Waals surface area contributed by atoms with Gasteiger partial charge in [0.1, 0.15) is 5.75 Å². The Hall–Kier alpha value is -2.54. The van der Waals surface area contributed by atoms with Crippen LogP contribution in [-0.4, -0.2) is 50.6 Å². The summed E-state index contributed by atoms with van der Waals surface area (Å²) >= 11 is 0. The highest BCUT2D eigenvalue weighted by Crippen LogP contribution is 2.19. The molecule has 0 fully saturated rings. The summed E-state index contributed by atoms with van der Waals surface area (Å²) in [6.07, 6.45) is 4.63. The van der Waals surface area contributed by atoms with Crippen LogP contribution in [0.4, 0.5) is 4.79 Å². The number of aliphatic hydroxyl groups excluding tert-OH is 1. The minimum Gasteiger partial charge on any atom is -0.508 e. The summed E-state index contributed by atoms with van der Waals surface area (Å²) in [4.78, 5) is 13.8. The van der Waals surface area contributed by atoms with Crippen molar-refractivity contribution < 1.29 is 15.0 Å².